The molecule has 1 heterocycles. The number of carbonyl (C=O) groups excluding carboxylic acids is 1. The first-order chi connectivity index (χ1) is 15.8. The molecule has 33 heavy (non-hydrogen) atoms. The Kier molecular flexibility index (Phi) is 8.58. The minimum absolute atomic E-state index is 0.113. The lowest BCUT2D eigenvalue weighted by molar-refractivity contribution is -0.121. The molecular weight excluding hydrogens is 454 g/mol. The minimum Gasteiger partial charge on any atom is -0.493 e. The quantitative estimate of drug-likeness (QED) is 0.180. The van der Waals surface area contributed by atoms with Gasteiger partial charge in [-0.15, -0.1) is 6.58 Å². The Labute approximate surface area is 205 Å². The molecule has 0 atom stereocenters. The number of hydrogen-bond donors (Lipinski definition) is 0. The van der Waals surface area contributed by atoms with Gasteiger partial charge in [0, 0.05) is 6.54 Å². The van der Waals surface area contributed by atoms with Gasteiger partial charge in [-0.2, -0.15) is 0 Å². The lowest BCUT2D eigenvalue weighted by atomic mass is 10.0. The molecule has 5 nitrogen and oxygen atoms in total. The molecule has 1 fully saturated rings. The standard InChI is InChI=1S/C26H29NO4S2/c1-6-11-27-25(28)24(33-26(27)32)16-19-8-10-21(23(15-19)29-5)30-12-13-31-22-14-18(4)7-9-20(22)17(2)3/h6-10,14-17H,1,11-13H2,2-5H3. The summed E-state index contributed by atoms with van der Waals surface area (Å²) in [7, 11) is 1.59. The molecule has 2 aromatic carbocycles. The van der Waals surface area contributed by atoms with Crippen molar-refractivity contribution in [2.24, 2.45) is 0 Å². The predicted octanol–water partition coefficient (Wildman–Crippen LogP) is 5.97. The minimum atomic E-state index is -0.113. The Morgan fingerprint density at radius 1 is 1.09 bits per heavy atom. The fraction of sp³-hybridized carbons (Fsp3) is 0.308. The highest BCUT2D eigenvalue weighted by molar-refractivity contribution is 8.26. The molecule has 0 bridgehead atoms. The monoisotopic (exact) mass is 483 g/mol. The predicted molar refractivity (Wildman–Crippen MR) is 139 cm³/mol. The number of amides is 1. The van der Waals surface area contributed by atoms with Gasteiger partial charge < -0.3 is 14.2 Å². The van der Waals surface area contributed by atoms with E-state index in [1.54, 1.807) is 13.2 Å². The summed E-state index contributed by atoms with van der Waals surface area (Å²) in [4.78, 5) is 14.7. The number of thiocarbonyl (C=S) groups is 1. The van der Waals surface area contributed by atoms with Gasteiger partial charge in [-0.05, 0) is 53.8 Å². The normalized spacial score (nSPS) is 14.8. The number of methoxy groups -OCH3 is 1. The van der Waals surface area contributed by atoms with E-state index in [4.69, 9.17) is 26.4 Å². The summed E-state index contributed by atoms with van der Waals surface area (Å²) in [5.41, 5.74) is 3.17. The molecule has 3 rings (SSSR count). The fourth-order valence-electron chi connectivity index (χ4n) is 3.38. The number of hydrogen-bond acceptors (Lipinski definition) is 6. The molecule has 0 aliphatic carbocycles. The smallest absolute Gasteiger partial charge is 0.266 e. The van der Waals surface area contributed by atoms with Crippen molar-refractivity contribution in [2.75, 3.05) is 26.9 Å². The summed E-state index contributed by atoms with van der Waals surface area (Å²) >= 11 is 6.58. The molecule has 0 saturated carbocycles. The molecule has 174 valence electrons. The van der Waals surface area contributed by atoms with Gasteiger partial charge >= 0.3 is 0 Å². The summed E-state index contributed by atoms with van der Waals surface area (Å²) in [6, 6.07) is 11.8. The second-order valence-electron chi connectivity index (χ2n) is 7.88. The molecule has 0 radical (unpaired) electrons. The van der Waals surface area contributed by atoms with E-state index in [1.165, 1.54) is 22.2 Å². The van der Waals surface area contributed by atoms with E-state index in [0.717, 1.165) is 16.9 Å². The third-order valence-corrected chi connectivity index (χ3v) is 6.44. The van der Waals surface area contributed by atoms with Crippen molar-refractivity contribution in [1.29, 1.82) is 0 Å². The highest BCUT2D eigenvalue weighted by atomic mass is 32.2. The molecule has 7 heteroatoms. The van der Waals surface area contributed by atoms with Crippen molar-refractivity contribution in [3.05, 3.63) is 70.6 Å². The van der Waals surface area contributed by atoms with Crippen LogP contribution in [-0.2, 0) is 4.79 Å². The van der Waals surface area contributed by atoms with Gasteiger partial charge in [-0.25, -0.2) is 0 Å². The third-order valence-electron chi connectivity index (χ3n) is 5.06. The number of benzene rings is 2. The summed E-state index contributed by atoms with van der Waals surface area (Å²) in [6.07, 6.45) is 3.47. The Morgan fingerprint density at radius 2 is 1.82 bits per heavy atom. The van der Waals surface area contributed by atoms with Gasteiger partial charge in [-0.1, -0.05) is 62.1 Å². The molecule has 0 unspecified atom stereocenters. The van der Waals surface area contributed by atoms with Gasteiger partial charge in [0.15, 0.2) is 11.5 Å². The van der Waals surface area contributed by atoms with Gasteiger partial charge in [0.05, 0.1) is 12.0 Å². The zero-order valence-electron chi connectivity index (χ0n) is 19.4. The molecular formula is C26H29NO4S2. The van der Waals surface area contributed by atoms with Gasteiger partial charge in [0.1, 0.15) is 23.3 Å². The topological polar surface area (TPSA) is 48.0 Å². The molecule has 0 aromatic heterocycles. The average Bonchev–Trinajstić information content (AvgIpc) is 3.04. The van der Waals surface area contributed by atoms with E-state index in [0.29, 0.717) is 46.4 Å². The van der Waals surface area contributed by atoms with Crippen molar-refractivity contribution in [3.8, 4) is 17.2 Å². The Balaban J connectivity index is 1.64. The highest BCUT2D eigenvalue weighted by Crippen LogP contribution is 2.35. The third kappa shape index (κ3) is 6.18. The van der Waals surface area contributed by atoms with Crippen LogP contribution in [0.15, 0.2) is 54.0 Å². The van der Waals surface area contributed by atoms with Crippen LogP contribution in [0.4, 0.5) is 0 Å². The van der Waals surface area contributed by atoms with E-state index in [-0.39, 0.29) is 5.91 Å². The average molecular weight is 484 g/mol. The van der Waals surface area contributed by atoms with Crippen molar-refractivity contribution in [1.82, 2.24) is 4.90 Å². The Bertz CT molecular complexity index is 1080. The van der Waals surface area contributed by atoms with Crippen molar-refractivity contribution in [3.63, 3.8) is 0 Å². The first-order valence-corrected chi connectivity index (χ1v) is 12.0. The van der Waals surface area contributed by atoms with Crippen LogP contribution in [0.3, 0.4) is 0 Å². The molecule has 0 spiro atoms. The van der Waals surface area contributed by atoms with Crippen LogP contribution in [0.25, 0.3) is 6.08 Å². The van der Waals surface area contributed by atoms with Crippen LogP contribution in [0.2, 0.25) is 0 Å². The first kappa shape index (κ1) is 24.9. The first-order valence-electron chi connectivity index (χ1n) is 10.7. The maximum atomic E-state index is 12.5. The van der Waals surface area contributed by atoms with E-state index in [9.17, 15) is 4.79 Å². The van der Waals surface area contributed by atoms with Crippen molar-refractivity contribution >= 4 is 40.3 Å². The lowest BCUT2D eigenvalue weighted by Crippen LogP contribution is -2.27. The molecule has 1 aliphatic rings. The molecule has 1 amide bonds. The van der Waals surface area contributed by atoms with Crippen molar-refractivity contribution < 1.29 is 19.0 Å². The molecule has 1 aliphatic heterocycles. The van der Waals surface area contributed by atoms with Crippen LogP contribution >= 0.6 is 24.0 Å². The summed E-state index contributed by atoms with van der Waals surface area (Å²) in [5.74, 6) is 2.36. The lowest BCUT2D eigenvalue weighted by Gasteiger charge is -2.16. The fourth-order valence-corrected chi connectivity index (χ4v) is 4.65. The molecule has 2 aromatic rings. The zero-order valence-corrected chi connectivity index (χ0v) is 21.1. The Morgan fingerprint density at radius 3 is 2.48 bits per heavy atom. The summed E-state index contributed by atoms with van der Waals surface area (Å²) < 4.78 is 17.9. The van der Waals surface area contributed by atoms with Crippen LogP contribution in [0.5, 0.6) is 17.2 Å². The molecule has 1 saturated heterocycles. The van der Waals surface area contributed by atoms with Crippen LogP contribution in [-0.4, -0.2) is 42.0 Å². The second kappa shape index (κ2) is 11.4. The maximum absolute atomic E-state index is 12.5. The largest absolute Gasteiger partial charge is 0.493 e. The number of nitrogens with zero attached hydrogens (tertiary/aromatic N) is 1. The van der Waals surface area contributed by atoms with E-state index in [1.807, 2.05) is 24.3 Å². The van der Waals surface area contributed by atoms with E-state index in [2.05, 4.69) is 45.5 Å². The second-order valence-corrected chi connectivity index (χ2v) is 9.56. The number of aryl methyl sites for hydroxylation is 1. The molecule has 0 N–H and O–H groups in total. The van der Waals surface area contributed by atoms with Gasteiger partial charge in [0.2, 0.25) is 0 Å². The summed E-state index contributed by atoms with van der Waals surface area (Å²) in [5, 5.41) is 0. The maximum Gasteiger partial charge on any atom is 0.266 e. The number of rotatable bonds is 10. The van der Waals surface area contributed by atoms with Gasteiger partial charge in [0.25, 0.3) is 5.91 Å². The van der Waals surface area contributed by atoms with Crippen LogP contribution in [0.1, 0.15) is 36.5 Å². The number of carbonyl (C=O) groups is 1. The van der Waals surface area contributed by atoms with E-state index >= 15 is 0 Å². The van der Waals surface area contributed by atoms with Crippen molar-refractivity contribution in [2.45, 2.75) is 26.7 Å². The summed E-state index contributed by atoms with van der Waals surface area (Å²) in [6.45, 7) is 11.2. The van der Waals surface area contributed by atoms with E-state index < -0.39 is 0 Å². The van der Waals surface area contributed by atoms with Crippen LogP contribution in [0, 0.1) is 6.92 Å². The Hall–Kier alpha value is -2.77. The zero-order chi connectivity index (χ0) is 24.0. The SMILES string of the molecule is C=CCN1C(=O)C(=Cc2ccc(OCCOc3cc(C)ccc3C(C)C)c(OC)c2)SC1=S. The number of thioether (sulfide) groups is 1. The number of ether oxygens (including phenoxy) is 3. The highest BCUT2D eigenvalue weighted by Gasteiger charge is 2.31. The van der Waals surface area contributed by atoms with Crippen LogP contribution < -0.4 is 14.2 Å². The van der Waals surface area contributed by atoms with Gasteiger partial charge in [-0.3, -0.25) is 9.69 Å².